The topological polar surface area (TPSA) is 85.1 Å². The van der Waals surface area contributed by atoms with Gasteiger partial charge in [-0.05, 0) is 12.1 Å². The summed E-state index contributed by atoms with van der Waals surface area (Å²) in [6.07, 6.45) is 3.00. The van der Waals surface area contributed by atoms with Gasteiger partial charge in [0.25, 0.3) is 10.0 Å². The predicted octanol–water partition coefficient (Wildman–Crippen LogP) is 2.60. The lowest BCUT2D eigenvalue weighted by Gasteiger charge is -2.05. The fourth-order valence-corrected chi connectivity index (χ4v) is 3.40. The van der Waals surface area contributed by atoms with Crippen molar-refractivity contribution in [3.05, 3.63) is 48.2 Å². The average molecular weight is 307 g/mol. The highest BCUT2D eigenvalue weighted by atomic mass is 32.2. The molecule has 0 aliphatic heterocycles. The van der Waals surface area contributed by atoms with Crippen molar-refractivity contribution in [1.82, 2.24) is 10.1 Å². The molecule has 0 aliphatic carbocycles. The smallest absolute Gasteiger partial charge is 0.263 e. The first-order valence-corrected chi connectivity index (χ1v) is 7.94. The summed E-state index contributed by atoms with van der Waals surface area (Å²) in [5.74, 6) is 0. The summed E-state index contributed by atoms with van der Waals surface area (Å²) >= 11 is 1.22. The van der Waals surface area contributed by atoms with Gasteiger partial charge in [-0.2, -0.15) is 0 Å². The van der Waals surface area contributed by atoms with E-state index in [1.165, 1.54) is 35.9 Å². The predicted molar refractivity (Wildman–Crippen MR) is 74.9 cm³/mol. The van der Waals surface area contributed by atoms with Gasteiger partial charge in [-0.15, -0.1) is 11.3 Å². The van der Waals surface area contributed by atoms with E-state index < -0.39 is 10.0 Å². The Balaban J connectivity index is 1.87. The SMILES string of the molecule is O=S(=O)(Nc1nccs1)c1ccc(-c2ccon2)cc1. The molecular weight excluding hydrogens is 298 g/mol. The van der Waals surface area contributed by atoms with Crippen LogP contribution in [0.25, 0.3) is 11.3 Å². The maximum Gasteiger partial charge on any atom is 0.263 e. The van der Waals surface area contributed by atoms with Gasteiger partial charge in [-0.25, -0.2) is 13.4 Å². The molecule has 3 rings (SSSR count). The Morgan fingerprint density at radius 2 is 1.95 bits per heavy atom. The number of sulfonamides is 1. The monoisotopic (exact) mass is 307 g/mol. The van der Waals surface area contributed by atoms with Crippen molar-refractivity contribution in [1.29, 1.82) is 0 Å². The number of nitrogens with zero attached hydrogens (tertiary/aromatic N) is 2. The molecular formula is C12H9N3O3S2. The van der Waals surface area contributed by atoms with Crippen molar-refractivity contribution in [2.75, 3.05) is 4.72 Å². The van der Waals surface area contributed by atoms with Crippen molar-refractivity contribution in [3.8, 4) is 11.3 Å². The Kier molecular flexibility index (Phi) is 3.25. The molecule has 0 bridgehead atoms. The second kappa shape index (κ2) is 5.06. The third-order valence-corrected chi connectivity index (χ3v) is 4.72. The van der Waals surface area contributed by atoms with Crippen LogP contribution in [0.2, 0.25) is 0 Å². The number of anilines is 1. The molecule has 102 valence electrons. The van der Waals surface area contributed by atoms with Crippen molar-refractivity contribution < 1.29 is 12.9 Å². The van der Waals surface area contributed by atoms with Gasteiger partial charge in [0.05, 0.1) is 4.90 Å². The van der Waals surface area contributed by atoms with Crippen molar-refractivity contribution >= 4 is 26.5 Å². The molecule has 3 aromatic rings. The van der Waals surface area contributed by atoms with Crippen molar-refractivity contribution in [2.45, 2.75) is 4.90 Å². The van der Waals surface area contributed by atoms with E-state index in [1.54, 1.807) is 23.6 Å². The molecule has 0 spiro atoms. The number of aromatic nitrogens is 2. The number of rotatable bonds is 4. The second-order valence-corrected chi connectivity index (χ2v) is 6.43. The average Bonchev–Trinajstić information content (AvgIpc) is 3.11. The van der Waals surface area contributed by atoms with Gasteiger partial charge < -0.3 is 4.52 Å². The fraction of sp³-hybridized carbons (Fsp3) is 0. The van der Waals surface area contributed by atoms with E-state index in [-0.39, 0.29) is 4.90 Å². The summed E-state index contributed by atoms with van der Waals surface area (Å²) in [5.41, 5.74) is 1.44. The lowest BCUT2D eigenvalue weighted by Crippen LogP contribution is -2.12. The van der Waals surface area contributed by atoms with Crippen LogP contribution >= 0.6 is 11.3 Å². The van der Waals surface area contributed by atoms with E-state index in [9.17, 15) is 8.42 Å². The number of benzene rings is 1. The molecule has 0 fully saturated rings. The Morgan fingerprint density at radius 1 is 1.15 bits per heavy atom. The fourth-order valence-electron chi connectivity index (χ4n) is 1.61. The zero-order valence-corrected chi connectivity index (χ0v) is 11.7. The Bertz CT molecular complexity index is 779. The van der Waals surface area contributed by atoms with Gasteiger partial charge in [0.15, 0.2) is 5.13 Å². The summed E-state index contributed by atoms with van der Waals surface area (Å²) in [5, 5.41) is 5.83. The lowest BCUT2D eigenvalue weighted by atomic mass is 10.2. The van der Waals surface area contributed by atoms with Crippen LogP contribution in [-0.4, -0.2) is 18.6 Å². The lowest BCUT2D eigenvalue weighted by molar-refractivity contribution is 0.422. The summed E-state index contributed by atoms with van der Waals surface area (Å²) < 4.78 is 31.4. The van der Waals surface area contributed by atoms with Crippen LogP contribution in [0.15, 0.2) is 57.6 Å². The van der Waals surface area contributed by atoms with Crippen LogP contribution in [0, 0.1) is 0 Å². The standard InChI is InChI=1S/C12H9N3O3S2/c16-20(17,15-12-13-6-8-19-12)10-3-1-9(2-4-10)11-5-7-18-14-11/h1-8H,(H,13,15). The molecule has 0 radical (unpaired) electrons. The molecule has 1 N–H and O–H groups in total. The summed E-state index contributed by atoms with van der Waals surface area (Å²) in [6.45, 7) is 0. The van der Waals surface area contributed by atoms with E-state index in [2.05, 4.69) is 14.9 Å². The van der Waals surface area contributed by atoms with Gasteiger partial charge in [-0.1, -0.05) is 17.3 Å². The highest BCUT2D eigenvalue weighted by Gasteiger charge is 2.15. The zero-order valence-electron chi connectivity index (χ0n) is 10.1. The third-order valence-electron chi connectivity index (χ3n) is 2.55. The molecule has 0 unspecified atom stereocenters. The minimum Gasteiger partial charge on any atom is -0.364 e. The number of hydrogen-bond acceptors (Lipinski definition) is 6. The largest absolute Gasteiger partial charge is 0.364 e. The number of nitrogens with one attached hydrogen (secondary N) is 1. The third kappa shape index (κ3) is 2.56. The Labute approximate surface area is 119 Å². The minimum atomic E-state index is -3.61. The van der Waals surface area contributed by atoms with Crippen LogP contribution < -0.4 is 4.72 Å². The van der Waals surface area contributed by atoms with Crippen LogP contribution in [0.3, 0.4) is 0 Å². The van der Waals surface area contributed by atoms with Crippen LogP contribution in [-0.2, 0) is 10.0 Å². The van der Waals surface area contributed by atoms with Crippen molar-refractivity contribution in [2.24, 2.45) is 0 Å². The maximum absolute atomic E-state index is 12.1. The number of thiazole rings is 1. The summed E-state index contributed by atoms with van der Waals surface area (Å²) in [7, 11) is -3.61. The molecule has 0 aliphatic rings. The molecule has 0 atom stereocenters. The molecule has 0 saturated heterocycles. The van der Waals surface area contributed by atoms with Gasteiger partial charge >= 0.3 is 0 Å². The van der Waals surface area contributed by atoms with E-state index in [4.69, 9.17) is 4.52 Å². The summed E-state index contributed by atoms with van der Waals surface area (Å²) in [6, 6.07) is 8.08. The first kappa shape index (κ1) is 12.8. The van der Waals surface area contributed by atoms with Crippen LogP contribution in [0.4, 0.5) is 5.13 Å². The molecule has 0 saturated carbocycles. The minimum absolute atomic E-state index is 0.167. The van der Waals surface area contributed by atoms with E-state index >= 15 is 0 Å². The maximum atomic E-state index is 12.1. The molecule has 2 heterocycles. The second-order valence-electron chi connectivity index (χ2n) is 3.85. The molecule has 8 heteroatoms. The zero-order chi connectivity index (χ0) is 14.0. The molecule has 1 aromatic carbocycles. The van der Waals surface area contributed by atoms with E-state index in [1.807, 2.05) is 0 Å². The summed E-state index contributed by atoms with van der Waals surface area (Å²) in [4.78, 5) is 4.06. The highest BCUT2D eigenvalue weighted by molar-refractivity contribution is 7.93. The number of hydrogen-bond donors (Lipinski definition) is 1. The molecule has 6 nitrogen and oxygen atoms in total. The molecule has 20 heavy (non-hydrogen) atoms. The van der Waals surface area contributed by atoms with Crippen LogP contribution in [0.5, 0.6) is 0 Å². The van der Waals surface area contributed by atoms with Crippen LogP contribution in [0.1, 0.15) is 0 Å². The van der Waals surface area contributed by atoms with E-state index in [0.717, 1.165) is 5.56 Å². The van der Waals surface area contributed by atoms with Gasteiger partial charge in [0.2, 0.25) is 0 Å². The molecule has 2 aromatic heterocycles. The van der Waals surface area contributed by atoms with E-state index in [0.29, 0.717) is 10.8 Å². The van der Waals surface area contributed by atoms with Gasteiger partial charge in [0.1, 0.15) is 12.0 Å². The molecule has 0 amide bonds. The first-order valence-electron chi connectivity index (χ1n) is 5.58. The first-order chi connectivity index (χ1) is 9.65. The normalized spacial score (nSPS) is 11.4. The Hall–Kier alpha value is -2.19. The van der Waals surface area contributed by atoms with Gasteiger partial charge in [-0.3, -0.25) is 4.72 Å². The highest BCUT2D eigenvalue weighted by Crippen LogP contribution is 2.21. The van der Waals surface area contributed by atoms with Gasteiger partial charge in [0, 0.05) is 23.2 Å². The van der Waals surface area contributed by atoms with Crippen molar-refractivity contribution in [3.63, 3.8) is 0 Å². The Morgan fingerprint density at radius 3 is 2.55 bits per heavy atom. The quantitative estimate of drug-likeness (QED) is 0.800.